The molecule has 35 heavy (non-hydrogen) atoms. The molecule has 9 heteroatoms. The lowest BCUT2D eigenvalue weighted by Crippen LogP contribution is -2.39. The molecule has 1 aliphatic rings. The van der Waals surface area contributed by atoms with E-state index < -0.39 is 22.8 Å². The third-order valence-electron chi connectivity index (χ3n) is 5.60. The van der Waals surface area contributed by atoms with Crippen LogP contribution in [0.2, 0.25) is 0 Å². The van der Waals surface area contributed by atoms with E-state index in [-0.39, 0.29) is 18.7 Å². The quantitative estimate of drug-likeness (QED) is 0.308. The highest BCUT2D eigenvalue weighted by Crippen LogP contribution is 2.31. The second-order valence-corrected chi connectivity index (χ2v) is 9.12. The summed E-state index contributed by atoms with van der Waals surface area (Å²) in [6.45, 7) is 5.30. The number of amides is 3. The highest BCUT2D eigenvalue weighted by atomic mass is 32.2. The van der Waals surface area contributed by atoms with Crippen LogP contribution in [0.4, 0.5) is 4.79 Å². The molecule has 1 aliphatic heterocycles. The van der Waals surface area contributed by atoms with Crippen LogP contribution >= 0.6 is 11.8 Å². The maximum Gasteiger partial charge on any atom is 0.293 e. The van der Waals surface area contributed by atoms with Gasteiger partial charge in [-0.2, -0.15) is 5.10 Å². The number of hydrogen-bond donors (Lipinski definition) is 1. The van der Waals surface area contributed by atoms with E-state index in [1.54, 1.807) is 24.6 Å². The van der Waals surface area contributed by atoms with Gasteiger partial charge in [0.15, 0.2) is 0 Å². The summed E-state index contributed by atoms with van der Waals surface area (Å²) in [5.74, 6) is -1.95. The Bertz CT molecular complexity index is 1340. The van der Waals surface area contributed by atoms with Crippen LogP contribution in [-0.4, -0.2) is 50.6 Å². The average Bonchev–Trinajstić information content (AvgIpc) is 3.29. The van der Waals surface area contributed by atoms with Crippen molar-refractivity contribution in [2.75, 3.05) is 13.1 Å². The van der Waals surface area contributed by atoms with Gasteiger partial charge in [0, 0.05) is 13.1 Å². The van der Waals surface area contributed by atoms with Crippen LogP contribution in [0.5, 0.6) is 0 Å². The molecule has 0 spiro atoms. The van der Waals surface area contributed by atoms with Crippen LogP contribution in [0.15, 0.2) is 59.5 Å². The molecule has 0 radical (unpaired) electrons. The number of imide groups is 1. The number of benzene rings is 2. The van der Waals surface area contributed by atoms with Crippen LogP contribution in [0.1, 0.15) is 32.9 Å². The predicted molar refractivity (Wildman–Crippen MR) is 134 cm³/mol. The van der Waals surface area contributed by atoms with E-state index in [1.165, 1.54) is 0 Å². The zero-order valence-electron chi connectivity index (χ0n) is 19.6. The molecule has 0 bridgehead atoms. The fourth-order valence-electron chi connectivity index (χ4n) is 3.77. The number of thioether (sulfide) groups is 1. The van der Waals surface area contributed by atoms with Crippen molar-refractivity contribution in [1.82, 2.24) is 20.0 Å². The SMILES string of the molecule is Cc1ccc(/C=C2/SC(=O)N(CCNC(=O)C(=O)c3c(C)nn(-c4ccccc4)c3C)C2=O)cc1. The fraction of sp³-hybridized carbons (Fsp3) is 0.192. The maximum atomic E-state index is 12.8. The Morgan fingerprint density at radius 2 is 1.69 bits per heavy atom. The van der Waals surface area contributed by atoms with E-state index in [0.29, 0.717) is 16.3 Å². The van der Waals surface area contributed by atoms with Crippen LogP contribution in [0.25, 0.3) is 11.8 Å². The Labute approximate surface area is 207 Å². The van der Waals surface area contributed by atoms with Gasteiger partial charge in [-0.15, -0.1) is 0 Å². The third kappa shape index (κ3) is 5.09. The highest BCUT2D eigenvalue weighted by molar-refractivity contribution is 8.18. The van der Waals surface area contributed by atoms with Crippen LogP contribution in [0, 0.1) is 20.8 Å². The zero-order valence-corrected chi connectivity index (χ0v) is 20.4. The van der Waals surface area contributed by atoms with Gasteiger partial charge in [-0.3, -0.25) is 24.1 Å². The van der Waals surface area contributed by atoms with Gasteiger partial charge in [-0.05, 0) is 56.3 Å². The number of ketones is 1. The molecular weight excluding hydrogens is 464 g/mol. The van der Waals surface area contributed by atoms with E-state index >= 15 is 0 Å². The number of aromatic nitrogens is 2. The number of hydrogen-bond acceptors (Lipinski definition) is 6. The van der Waals surface area contributed by atoms with Crippen LogP contribution < -0.4 is 5.32 Å². The predicted octanol–water partition coefficient (Wildman–Crippen LogP) is 3.83. The van der Waals surface area contributed by atoms with Crippen molar-refractivity contribution in [3.05, 3.63) is 87.6 Å². The normalized spacial score (nSPS) is 14.6. The van der Waals surface area contributed by atoms with E-state index in [4.69, 9.17) is 0 Å². The minimum absolute atomic E-state index is 0.0316. The molecule has 1 fully saturated rings. The van der Waals surface area contributed by atoms with Crippen molar-refractivity contribution in [2.24, 2.45) is 0 Å². The lowest BCUT2D eigenvalue weighted by Gasteiger charge is -2.12. The van der Waals surface area contributed by atoms with Gasteiger partial charge in [0.2, 0.25) is 0 Å². The summed E-state index contributed by atoms with van der Waals surface area (Å²) in [7, 11) is 0. The van der Waals surface area contributed by atoms with Crippen LogP contribution in [-0.2, 0) is 9.59 Å². The van der Waals surface area contributed by atoms with Crippen molar-refractivity contribution in [1.29, 1.82) is 0 Å². The summed E-state index contributed by atoms with van der Waals surface area (Å²) in [6, 6.07) is 16.9. The molecule has 4 rings (SSSR count). The standard InChI is InChI=1S/C26H24N4O4S/c1-16-9-11-19(12-10-16)15-21-25(33)29(26(34)35-21)14-13-27-24(32)23(31)22-17(2)28-30(18(22)3)20-7-5-4-6-8-20/h4-12,15H,13-14H2,1-3H3,(H,27,32)/b21-15+. The van der Waals surface area contributed by atoms with E-state index in [9.17, 15) is 19.2 Å². The number of carbonyl (C=O) groups is 4. The van der Waals surface area contributed by atoms with Crippen molar-refractivity contribution >= 4 is 40.7 Å². The van der Waals surface area contributed by atoms with Gasteiger partial charge in [-0.25, -0.2) is 4.68 Å². The minimum atomic E-state index is -0.814. The number of nitrogens with zero attached hydrogens (tertiary/aromatic N) is 3. The largest absolute Gasteiger partial charge is 0.347 e. The Morgan fingerprint density at radius 1 is 1.00 bits per heavy atom. The molecule has 1 saturated heterocycles. The molecule has 178 valence electrons. The lowest BCUT2D eigenvalue weighted by atomic mass is 10.1. The summed E-state index contributed by atoms with van der Waals surface area (Å²) in [5.41, 5.74) is 3.93. The van der Waals surface area contributed by atoms with Crippen LogP contribution in [0.3, 0.4) is 0 Å². The Hall–Kier alpha value is -3.98. The number of carbonyl (C=O) groups excluding carboxylic acids is 4. The first kappa shape index (κ1) is 24.2. The summed E-state index contributed by atoms with van der Waals surface area (Å²) in [5, 5.41) is 6.51. The summed E-state index contributed by atoms with van der Waals surface area (Å²) in [6.07, 6.45) is 1.67. The molecule has 3 aromatic rings. The Morgan fingerprint density at radius 3 is 2.37 bits per heavy atom. The Balaban J connectivity index is 1.38. The first-order valence-corrected chi connectivity index (χ1v) is 11.8. The number of Topliss-reactive ketones (excluding diaryl/α,β-unsaturated/α-hetero) is 1. The molecule has 8 nitrogen and oxygen atoms in total. The molecule has 2 heterocycles. The fourth-order valence-corrected chi connectivity index (χ4v) is 4.64. The van der Waals surface area contributed by atoms with Gasteiger partial charge in [0.05, 0.1) is 27.5 Å². The summed E-state index contributed by atoms with van der Waals surface area (Å²) >= 11 is 0.855. The second kappa shape index (κ2) is 10.1. The van der Waals surface area contributed by atoms with Gasteiger partial charge in [-0.1, -0.05) is 48.0 Å². The first-order valence-electron chi connectivity index (χ1n) is 11.0. The zero-order chi connectivity index (χ0) is 25.1. The number of nitrogens with one attached hydrogen (secondary N) is 1. The number of para-hydroxylation sites is 1. The van der Waals surface area contributed by atoms with Crippen molar-refractivity contribution in [3.63, 3.8) is 0 Å². The van der Waals surface area contributed by atoms with Crippen molar-refractivity contribution in [3.8, 4) is 5.69 Å². The smallest absolute Gasteiger partial charge is 0.293 e. The number of rotatable bonds is 7. The van der Waals surface area contributed by atoms with E-state index in [2.05, 4.69) is 10.4 Å². The van der Waals surface area contributed by atoms with E-state index in [0.717, 1.165) is 33.5 Å². The molecule has 0 saturated carbocycles. The van der Waals surface area contributed by atoms with Gasteiger partial charge in [0.1, 0.15) is 0 Å². The highest BCUT2D eigenvalue weighted by Gasteiger charge is 2.35. The van der Waals surface area contributed by atoms with Gasteiger partial charge in [0.25, 0.3) is 22.8 Å². The van der Waals surface area contributed by atoms with Gasteiger partial charge >= 0.3 is 0 Å². The maximum absolute atomic E-state index is 12.8. The summed E-state index contributed by atoms with van der Waals surface area (Å²) in [4.78, 5) is 51.8. The molecule has 0 aliphatic carbocycles. The van der Waals surface area contributed by atoms with Crippen molar-refractivity contribution < 1.29 is 19.2 Å². The minimum Gasteiger partial charge on any atom is -0.347 e. The molecule has 2 aromatic carbocycles. The monoisotopic (exact) mass is 488 g/mol. The van der Waals surface area contributed by atoms with E-state index in [1.807, 2.05) is 61.5 Å². The summed E-state index contributed by atoms with van der Waals surface area (Å²) < 4.78 is 1.62. The second-order valence-electron chi connectivity index (χ2n) is 8.12. The average molecular weight is 489 g/mol. The van der Waals surface area contributed by atoms with Gasteiger partial charge < -0.3 is 5.32 Å². The first-order chi connectivity index (χ1) is 16.8. The molecular formula is C26H24N4O4S. The third-order valence-corrected chi connectivity index (χ3v) is 6.50. The Kier molecular flexibility index (Phi) is 6.97. The molecule has 1 N–H and O–H groups in total. The molecule has 0 atom stereocenters. The lowest BCUT2D eigenvalue weighted by molar-refractivity contribution is -0.123. The van der Waals surface area contributed by atoms with Crippen molar-refractivity contribution in [2.45, 2.75) is 20.8 Å². The molecule has 3 amide bonds. The number of aryl methyl sites for hydroxylation is 2. The topological polar surface area (TPSA) is 101 Å². The molecule has 0 unspecified atom stereocenters. The molecule has 1 aromatic heterocycles.